The summed E-state index contributed by atoms with van der Waals surface area (Å²) in [6, 6.07) is 10.7. The molecule has 0 bridgehead atoms. The number of aryl methyl sites for hydroxylation is 2. The van der Waals surface area contributed by atoms with Crippen molar-refractivity contribution in [2.75, 3.05) is 0 Å². The molecule has 2 aromatic rings. The Balaban J connectivity index is 2.30. The fourth-order valence-corrected chi connectivity index (χ4v) is 1.60. The van der Waals surface area contributed by atoms with Crippen LogP contribution >= 0.6 is 0 Å². The fourth-order valence-electron chi connectivity index (χ4n) is 1.60. The molecule has 0 atom stereocenters. The zero-order valence-corrected chi connectivity index (χ0v) is 10.4. The molecule has 0 unspecified atom stereocenters. The molecular weight excluding hydrogens is 226 g/mol. The van der Waals surface area contributed by atoms with Crippen LogP contribution in [0.2, 0.25) is 0 Å². The lowest BCUT2D eigenvalue weighted by Crippen LogP contribution is -1.83. The van der Waals surface area contributed by atoms with Crippen molar-refractivity contribution in [3.8, 4) is 11.5 Å². The van der Waals surface area contributed by atoms with E-state index in [0.717, 1.165) is 5.69 Å². The number of para-hydroxylation sites is 1. The number of hydrogen-bond acceptors (Lipinski definition) is 3. The zero-order valence-electron chi connectivity index (χ0n) is 10.4. The third-order valence-electron chi connectivity index (χ3n) is 2.89. The number of rotatable bonds is 2. The first-order chi connectivity index (χ1) is 8.58. The maximum atomic E-state index is 9.63. The summed E-state index contributed by atoms with van der Waals surface area (Å²) in [6.07, 6.45) is 1.54. The van der Waals surface area contributed by atoms with Crippen LogP contribution in [0.4, 0.5) is 5.69 Å². The Morgan fingerprint density at radius 3 is 2.50 bits per heavy atom. The van der Waals surface area contributed by atoms with E-state index in [1.54, 1.807) is 18.3 Å². The second kappa shape index (κ2) is 4.92. The molecular formula is C15H15NO2. The second-order valence-electron chi connectivity index (χ2n) is 4.24. The summed E-state index contributed by atoms with van der Waals surface area (Å²) < 4.78 is 0. The summed E-state index contributed by atoms with van der Waals surface area (Å²) in [5, 5.41) is 19.0. The van der Waals surface area contributed by atoms with Gasteiger partial charge in [-0.05, 0) is 49.2 Å². The minimum Gasteiger partial charge on any atom is -0.504 e. The molecule has 2 rings (SSSR count). The molecule has 0 aliphatic heterocycles. The van der Waals surface area contributed by atoms with Crippen LogP contribution in [0.15, 0.2) is 41.4 Å². The average molecular weight is 241 g/mol. The topological polar surface area (TPSA) is 52.8 Å². The third-order valence-corrected chi connectivity index (χ3v) is 2.89. The van der Waals surface area contributed by atoms with Gasteiger partial charge in [-0.2, -0.15) is 0 Å². The fraction of sp³-hybridized carbons (Fsp3) is 0.133. The van der Waals surface area contributed by atoms with E-state index in [4.69, 9.17) is 0 Å². The summed E-state index contributed by atoms with van der Waals surface area (Å²) in [4.78, 5) is 4.28. The molecule has 2 aromatic carbocycles. The van der Waals surface area contributed by atoms with Crippen molar-refractivity contribution >= 4 is 11.9 Å². The number of hydrogen-bond donors (Lipinski definition) is 2. The standard InChI is InChI=1S/C15H15NO2/c1-10-6-7-13(8-11(10)2)16-9-12-4-3-5-14(17)15(12)18/h3-9,17-18H,1-2H3. The molecule has 0 aromatic heterocycles. The van der Waals surface area contributed by atoms with E-state index in [9.17, 15) is 10.2 Å². The van der Waals surface area contributed by atoms with Gasteiger partial charge in [-0.15, -0.1) is 0 Å². The quantitative estimate of drug-likeness (QED) is 0.625. The summed E-state index contributed by atoms with van der Waals surface area (Å²) >= 11 is 0. The maximum absolute atomic E-state index is 9.63. The van der Waals surface area contributed by atoms with Gasteiger partial charge in [-0.25, -0.2) is 0 Å². The molecule has 0 saturated carbocycles. The van der Waals surface area contributed by atoms with Crippen molar-refractivity contribution in [2.45, 2.75) is 13.8 Å². The van der Waals surface area contributed by atoms with E-state index in [0.29, 0.717) is 5.56 Å². The Hall–Kier alpha value is -2.29. The molecule has 0 aliphatic rings. The highest BCUT2D eigenvalue weighted by molar-refractivity contribution is 5.86. The highest BCUT2D eigenvalue weighted by atomic mass is 16.3. The van der Waals surface area contributed by atoms with Crippen molar-refractivity contribution in [3.63, 3.8) is 0 Å². The summed E-state index contributed by atoms with van der Waals surface area (Å²) in [6.45, 7) is 4.07. The van der Waals surface area contributed by atoms with Crippen LogP contribution in [-0.2, 0) is 0 Å². The summed E-state index contributed by atoms with van der Waals surface area (Å²) in [7, 11) is 0. The Kier molecular flexibility index (Phi) is 3.33. The minimum atomic E-state index is -0.148. The van der Waals surface area contributed by atoms with Crippen LogP contribution in [0.25, 0.3) is 0 Å². The molecule has 0 amide bonds. The van der Waals surface area contributed by atoms with Crippen molar-refractivity contribution in [3.05, 3.63) is 53.1 Å². The van der Waals surface area contributed by atoms with E-state index >= 15 is 0 Å². The smallest absolute Gasteiger partial charge is 0.166 e. The van der Waals surface area contributed by atoms with Gasteiger partial charge in [0.2, 0.25) is 0 Å². The molecule has 0 fully saturated rings. The predicted molar refractivity (Wildman–Crippen MR) is 72.9 cm³/mol. The minimum absolute atomic E-state index is 0.140. The highest BCUT2D eigenvalue weighted by Crippen LogP contribution is 2.27. The van der Waals surface area contributed by atoms with Crippen molar-refractivity contribution in [2.24, 2.45) is 4.99 Å². The number of phenolic OH excluding ortho intramolecular Hbond substituents is 2. The van der Waals surface area contributed by atoms with Gasteiger partial charge in [-0.3, -0.25) is 4.99 Å². The maximum Gasteiger partial charge on any atom is 0.166 e. The lowest BCUT2D eigenvalue weighted by molar-refractivity contribution is 0.403. The van der Waals surface area contributed by atoms with E-state index in [1.807, 2.05) is 32.0 Å². The van der Waals surface area contributed by atoms with E-state index in [1.165, 1.54) is 17.2 Å². The van der Waals surface area contributed by atoms with Gasteiger partial charge in [0.1, 0.15) is 0 Å². The Morgan fingerprint density at radius 1 is 1.00 bits per heavy atom. The summed E-state index contributed by atoms with van der Waals surface area (Å²) in [5.74, 6) is -0.288. The van der Waals surface area contributed by atoms with E-state index < -0.39 is 0 Å². The third kappa shape index (κ3) is 2.51. The number of benzene rings is 2. The number of phenols is 2. The molecule has 2 N–H and O–H groups in total. The molecule has 3 heteroatoms. The largest absolute Gasteiger partial charge is 0.504 e. The van der Waals surface area contributed by atoms with Crippen molar-refractivity contribution in [1.29, 1.82) is 0 Å². The Bertz CT molecular complexity index is 603. The van der Waals surface area contributed by atoms with Crippen LogP contribution in [0.3, 0.4) is 0 Å². The first-order valence-corrected chi connectivity index (χ1v) is 5.70. The SMILES string of the molecule is Cc1ccc(N=Cc2cccc(O)c2O)cc1C. The van der Waals surface area contributed by atoms with E-state index in [-0.39, 0.29) is 11.5 Å². The van der Waals surface area contributed by atoms with Crippen LogP contribution in [0.5, 0.6) is 11.5 Å². The van der Waals surface area contributed by atoms with Crippen LogP contribution in [0.1, 0.15) is 16.7 Å². The normalized spacial score (nSPS) is 11.0. The Morgan fingerprint density at radius 2 is 1.78 bits per heavy atom. The van der Waals surface area contributed by atoms with Crippen molar-refractivity contribution < 1.29 is 10.2 Å². The second-order valence-corrected chi connectivity index (χ2v) is 4.24. The molecule has 0 radical (unpaired) electrons. The van der Waals surface area contributed by atoms with Crippen LogP contribution in [-0.4, -0.2) is 16.4 Å². The van der Waals surface area contributed by atoms with Crippen LogP contribution < -0.4 is 0 Å². The van der Waals surface area contributed by atoms with Crippen LogP contribution in [0, 0.1) is 13.8 Å². The zero-order chi connectivity index (χ0) is 13.1. The van der Waals surface area contributed by atoms with Gasteiger partial charge in [-0.1, -0.05) is 12.1 Å². The molecule has 0 spiro atoms. The van der Waals surface area contributed by atoms with Gasteiger partial charge in [0.05, 0.1) is 5.69 Å². The van der Waals surface area contributed by atoms with Gasteiger partial charge in [0.15, 0.2) is 11.5 Å². The van der Waals surface area contributed by atoms with Gasteiger partial charge in [0.25, 0.3) is 0 Å². The molecule has 0 heterocycles. The summed E-state index contributed by atoms with van der Waals surface area (Å²) in [5.41, 5.74) is 3.70. The first kappa shape index (κ1) is 12.2. The molecule has 3 nitrogen and oxygen atoms in total. The highest BCUT2D eigenvalue weighted by Gasteiger charge is 2.02. The lowest BCUT2D eigenvalue weighted by Gasteiger charge is -2.02. The van der Waals surface area contributed by atoms with Gasteiger partial charge < -0.3 is 10.2 Å². The molecule has 0 aliphatic carbocycles. The Labute approximate surface area is 106 Å². The molecule has 18 heavy (non-hydrogen) atoms. The number of aliphatic imine (C=N–C) groups is 1. The van der Waals surface area contributed by atoms with Crippen molar-refractivity contribution in [1.82, 2.24) is 0 Å². The predicted octanol–water partition coefficient (Wildman–Crippen LogP) is 3.47. The lowest BCUT2D eigenvalue weighted by atomic mass is 10.1. The van der Waals surface area contributed by atoms with Gasteiger partial charge in [0, 0.05) is 11.8 Å². The average Bonchev–Trinajstić information content (AvgIpc) is 2.35. The molecule has 92 valence electrons. The first-order valence-electron chi connectivity index (χ1n) is 5.70. The monoisotopic (exact) mass is 241 g/mol. The number of aromatic hydroxyl groups is 2. The molecule has 0 saturated heterocycles. The number of nitrogens with zero attached hydrogens (tertiary/aromatic N) is 1. The van der Waals surface area contributed by atoms with Gasteiger partial charge >= 0.3 is 0 Å². The van der Waals surface area contributed by atoms with E-state index in [2.05, 4.69) is 4.99 Å².